The summed E-state index contributed by atoms with van der Waals surface area (Å²) in [6.45, 7) is 0.390. The van der Waals surface area contributed by atoms with E-state index in [2.05, 4.69) is 10.0 Å². The molecule has 0 atom stereocenters. The standard InChI is InChI=1S/C21H22N2O5S3/c24-21(22-13-5-15-30(25,26)19-7-2-1-3-8-19)17-9-11-20(12-10-17)31(27,28)23-16-18-6-4-14-29-18/h1-4,6-12,14,23H,5,13,15-16H2,(H,22,24). The number of sulfone groups is 1. The molecule has 0 unspecified atom stereocenters. The van der Waals surface area contributed by atoms with Gasteiger partial charge in [0.2, 0.25) is 10.0 Å². The zero-order valence-corrected chi connectivity index (χ0v) is 19.0. The second-order valence-corrected chi connectivity index (χ2v) is 11.6. The second-order valence-electron chi connectivity index (χ2n) is 6.67. The molecule has 2 aromatic carbocycles. The number of carbonyl (C=O) groups excluding carboxylic acids is 1. The molecule has 3 rings (SSSR count). The van der Waals surface area contributed by atoms with Crippen LogP contribution < -0.4 is 10.0 Å². The van der Waals surface area contributed by atoms with Crippen LogP contribution in [0, 0.1) is 0 Å². The van der Waals surface area contributed by atoms with Crippen molar-refractivity contribution >= 4 is 37.1 Å². The van der Waals surface area contributed by atoms with Crippen molar-refractivity contribution < 1.29 is 21.6 Å². The summed E-state index contributed by atoms with van der Waals surface area (Å²) in [4.78, 5) is 13.5. The molecule has 1 heterocycles. The topological polar surface area (TPSA) is 109 Å². The molecule has 2 N–H and O–H groups in total. The van der Waals surface area contributed by atoms with Gasteiger partial charge in [0.25, 0.3) is 5.91 Å². The van der Waals surface area contributed by atoms with Crippen molar-refractivity contribution in [2.24, 2.45) is 0 Å². The van der Waals surface area contributed by atoms with Crippen LogP contribution in [0.2, 0.25) is 0 Å². The van der Waals surface area contributed by atoms with E-state index in [4.69, 9.17) is 0 Å². The van der Waals surface area contributed by atoms with Crippen molar-refractivity contribution in [3.63, 3.8) is 0 Å². The Bertz CT molecular complexity index is 1210. The summed E-state index contributed by atoms with van der Waals surface area (Å²) < 4.78 is 51.7. The minimum absolute atomic E-state index is 0.0644. The van der Waals surface area contributed by atoms with Crippen LogP contribution in [0.5, 0.6) is 0 Å². The number of carbonyl (C=O) groups is 1. The normalized spacial score (nSPS) is 11.9. The fourth-order valence-corrected chi connectivity index (χ4v) is 5.83. The van der Waals surface area contributed by atoms with Gasteiger partial charge in [-0.1, -0.05) is 24.3 Å². The predicted molar refractivity (Wildman–Crippen MR) is 120 cm³/mol. The third-order valence-electron chi connectivity index (χ3n) is 4.42. The predicted octanol–water partition coefficient (Wildman–Crippen LogP) is 2.82. The first-order chi connectivity index (χ1) is 14.8. The van der Waals surface area contributed by atoms with E-state index < -0.39 is 25.8 Å². The lowest BCUT2D eigenvalue weighted by Gasteiger charge is -2.08. The van der Waals surface area contributed by atoms with E-state index in [1.165, 1.54) is 35.6 Å². The zero-order chi connectivity index (χ0) is 22.3. The summed E-state index contributed by atoms with van der Waals surface area (Å²) in [7, 11) is -7.08. The maximum atomic E-state index is 12.4. The number of nitrogens with one attached hydrogen (secondary N) is 2. The Morgan fingerprint density at radius 3 is 2.19 bits per heavy atom. The summed E-state index contributed by atoms with van der Waals surface area (Å²) >= 11 is 1.46. The van der Waals surface area contributed by atoms with Crippen LogP contribution in [0.1, 0.15) is 21.7 Å². The van der Waals surface area contributed by atoms with Crippen molar-refractivity contribution in [1.82, 2.24) is 10.0 Å². The highest BCUT2D eigenvalue weighted by Gasteiger charge is 2.16. The number of sulfonamides is 1. The SMILES string of the molecule is O=C(NCCCS(=O)(=O)c1ccccc1)c1ccc(S(=O)(=O)NCc2cccs2)cc1. The van der Waals surface area contributed by atoms with Gasteiger partial charge in [-0.25, -0.2) is 21.6 Å². The average molecular weight is 479 g/mol. The van der Waals surface area contributed by atoms with Gasteiger partial charge in [0.15, 0.2) is 9.84 Å². The molecule has 0 fully saturated rings. The molecule has 0 aliphatic carbocycles. The van der Waals surface area contributed by atoms with Crippen LogP contribution in [0.3, 0.4) is 0 Å². The molecular weight excluding hydrogens is 456 g/mol. The minimum Gasteiger partial charge on any atom is -0.352 e. The molecule has 10 heteroatoms. The van der Waals surface area contributed by atoms with Crippen molar-refractivity contribution in [2.75, 3.05) is 12.3 Å². The molecule has 0 radical (unpaired) electrons. The smallest absolute Gasteiger partial charge is 0.251 e. The van der Waals surface area contributed by atoms with Gasteiger partial charge in [-0.2, -0.15) is 0 Å². The van der Waals surface area contributed by atoms with E-state index in [0.717, 1.165) is 4.88 Å². The molecule has 0 saturated carbocycles. The quantitative estimate of drug-likeness (QED) is 0.436. The first-order valence-corrected chi connectivity index (χ1v) is 13.5. The molecule has 1 aromatic heterocycles. The lowest BCUT2D eigenvalue weighted by atomic mass is 10.2. The van der Waals surface area contributed by atoms with Crippen LogP contribution in [0.4, 0.5) is 0 Å². The van der Waals surface area contributed by atoms with E-state index in [1.807, 2.05) is 17.5 Å². The number of thiophene rings is 1. The van der Waals surface area contributed by atoms with E-state index in [-0.39, 0.29) is 35.1 Å². The fourth-order valence-electron chi connectivity index (χ4n) is 2.76. The summed E-state index contributed by atoms with van der Waals surface area (Å²) in [6.07, 6.45) is 0.266. The van der Waals surface area contributed by atoms with E-state index in [9.17, 15) is 21.6 Å². The summed E-state index contributed by atoms with van der Waals surface area (Å²) in [5.41, 5.74) is 0.295. The first kappa shape index (κ1) is 23.1. The van der Waals surface area contributed by atoms with Gasteiger partial charge >= 0.3 is 0 Å². The lowest BCUT2D eigenvalue weighted by Crippen LogP contribution is -2.26. The highest BCUT2D eigenvalue weighted by atomic mass is 32.2. The molecular formula is C21H22N2O5S3. The van der Waals surface area contributed by atoms with Gasteiger partial charge in [-0.05, 0) is 54.3 Å². The van der Waals surface area contributed by atoms with Crippen molar-refractivity contribution in [1.29, 1.82) is 0 Å². The molecule has 0 saturated heterocycles. The molecule has 0 bridgehead atoms. The van der Waals surface area contributed by atoms with Gasteiger partial charge in [-0.3, -0.25) is 4.79 Å². The van der Waals surface area contributed by atoms with Gasteiger partial charge in [0.1, 0.15) is 0 Å². The number of benzene rings is 2. The van der Waals surface area contributed by atoms with Crippen LogP contribution >= 0.6 is 11.3 Å². The van der Waals surface area contributed by atoms with Crippen LogP contribution in [0.25, 0.3) is 0 Å². The Balaban J connectivity index is 1.50. The first-order valence-electron chi connectivity index (χ1n) is 9.46. The minimum atomic E-state index is -3.68. The lowest BCUT2D eigenvalue weighted by molar-refractivity contribution is 0.0953. The molecule has 3 aromatic rings. The van der Waals surface area contributed by atoms with Crippen LogP contribution in [0.15, 0.2) is 81.9 Å². The number of hydrogen-bond acceptors (Lipinski definition) is 6. The van der Waals surface area contributed by atoms with Gasteiger partial charge in [0.05, 0.1) is 15.5 Å². The van der Waals surface area contributed by atoms with Gasteiger partial charge in [-0.15, -0.1) is 11.3 Å². The summed E-state index contributed by atoms with van der Waals surface area (Å²) in [6, 6.07) is 17.4. The van der Waals surface area contributed by atoms with Crippen LogP contribution in [-0.4, -0.2) is 35.0 Å². The molecule has 31 heavy (non-hydrogen) atoms. The largest absolute Gasteiger partial charge is 0.352 e. The van der Waals surface area contributed by atoms with E-state index >= 15 is 0 Å². The fraction of sp³-hybridized carbons (Fsp3) is 0.190. The zero-order valence-electron chi connectivity index (χ0n) is 16.5. The number of hydrogen-bond donors (Lipinski definition) is 2. The van der Waals surface area contributed by atoms with E-state index in [0.29, 0.717) is 5.56 Å². The molecule has 1 amide bonds. The van der Waals surface area contributed by atoms with Crippen molar-refractivity contribution in [3.05, 3.63) is 82.6 Å². The second kappa shape index (κ2) is 10.2. The molecule has 164 valence electrons. The monoisotopic (exact) mass is 478 g/mol. The Morgan fingerprint density at radius 1 is 0.839 bits per heavy atom. The summed E-state index contributed by atoms with van der Waals surface area (Å²) in [5, 5.41) is 4.53. The number of amides is 1. The van der Waals surface area contributed by atoms with Gasteiger partial charge in [0, 0.05) is 23.5 Å². The molecule has 0 spiro atoms. The molecule has 7 nitrogen and oxygen atoms in total. The maximum Gasteiger partial charge on any atom is 0.251 e. The van der Waals surface area contributed by atoms with Crippen LogP contribution in [-0.2, 0) is 26.4 Å². The third kappa shape index (κ3) is 6.47. The summed E-state index contributed by atoms with van der Waals surface area (Å²) in [5.74, 6) is -0.475. The van der Waals surface area contributed by atoms with Crippen molar-refractivity contribution in [2.45, 2.75) is 22.8 Å². The van der Waals surface area contributed by atoms with Crippen molar-refractivity contribution in [3.8, 4) is 0 Å². The highest BCUT2D eigenvalue weighted by Crippen LogP contribution is 2.14. The number of rotatable bonds is 10. The Kier molecular flexibility index (Phi) is 7.60. The Hall–Kier alpha value is -2.53. The average Bonchev–Trinajstić information content (AvgIpc) is 3.30. The molecule has 0 aliphatic heterocycles. The van der Waals surface area contributed by atoms with E-state index in [1.54, 1.807) is 30.3 Å². The third-order valence-corrected chi connectivity index (χ3v) is 8.53. The Labute approximate surface area is 186 Å². The highest BCUT2D eigenvalue weighted by molar-refractivity contribution is 7.91. The Morgan fingerprint density at radius 2 is 1.55 bits per heavy atom. The molecule has 0 aliphatic rings. The maximum absolute atomic E-state index is 12.4. The van der Waals surface area contributed by atoms with Gasteiger partial charge < -0.3 is 5.32 Å².